The molecule has 1 fully saturated rings. The Labute approximate surface area is 211 Å². The summed E-state index contributed by atoms with van der Waals surface area (Å²) in [6.45, 7) is 5.20. The van der Waals surface area contributed by atoms with Crippen molar-refractivity contribution in [2.75, 3.05) is 20.8 Å². The highest BCUT2D eigenvalue weighted by molar-refractivity contribution is 5.76. The molecule has 0 spiro atoms. The highest BCUT2D eigenvalue weighted by atomic mass is 16.5. The first-order valence-electron chi connectivity index (χ1n) is 11.9. The first-order chi connectivity index (χ1) is 17.5. The standard InChI is InChI=1S/C28H31N3O5/c1-4-21-20(13-10-14-22(21)19-11-6-5-7-12-19)18-36-28-29-25(34-2)23(26(30-28)35-3)17-31-16-9-8-15-24(31)27(32)33/h4-7,10-14,24H,1,8-9,15-18H2,2-3H3,(H,32,33). The van der Waals surface area contributed by atoms with Crippen LogP contribution in [0.4, 0.5) is 0 Å². The molecule has 0 bridgehead atoms. The lowest BCUT2D eigenvalue weighted by molar-refractivity contribution is -0.144. The molecule has 1 aliphatic rings. The Balaban J connectivity index is 1.58. The van der Waals surface area contributed by atoms with E-state index in [2.05, 4.69) is 34.7 Å². The number of rotatable bonds is 10. The zero-order valence-electron chi connectivity index (χ0n) is 20.6. The van der Waals surface area contributed by atoms with Gasteiger partial charge in [0.05, 0.1) is 19.8 Å². The molecule has 4 rings (SSSR count). The van der Waals surface area contributed by atoms with Gasteiger partial charge in [-0.15, -0.1) is 0 Å². The molecule has 2 aromatic carbocycles. The zero-order chi connectivity index (χ0) is 25.5. The lowest BCUT2D eigenvalue weighted by Crippen LogP contribution is -2.44. The molecule has 1 aliphatic heterocycles. The summed E-state index contributed by atoms with van der Waals surface area (Å²) in [6, 6.07) is 15.7. The number of ether oxygens (including phenoxy) is 3. The Hall–Kier alpha value is -3.91. The molecule has 1 N–H and O–H groups in total. The maximum atomic E-state index is 11.7. The monoisotopic (exact) mass is 489 g/mol. The molecule has 2 heterocycles. The smallest absolute Gasteiger partial charge is 0.323 e. The van der Waals surface area contributed by atoms with Gasteiger partial charge in [-0.2, -0.15) is 9.97 Å². The van der Waals surface area contributed by atoms with Crippen LogP contribution in [0.1, 0.15) is 36.0 Å². The van der Waals surface area contributed by atoms with Crippen LogP contribution in [0.15, 0.2) is 55.1 Å². The van der Waals surface area contributed by atoms with Gasteiger partial charge in [-0.05, 0) is 41.6 Å². The van der Waals surface area contributed by atoms with E-state index < -0.39 is 12.0 Å². The van der Waals surface area contributed by atoms with Crippen molar-refractivity contribution in [3.8, 4) is 28.9 Å². The molecule has 3 aromatic rings. The van der Waals surface area contributed by atoms with Crippen LogP contribution in [0.5, 0.6) is 17.8 Å². The zero-order valence-corrected chi connectivity index (χ0v) is 20.6. The van der Waals surface area contributed by atoms with E-state index in [1.807, 2.05) is 41.3 Å². The fraction of sp³-hybridized carbons (Fsp3) is 0.321. The van der Waals surface area contributed by atoms with Crippen molar-refractivity contribution >= 4 is 12.0 Å². The SMILES string of the molecule is C=Cc1c(COc2nc(OC)c(CN3CCCCC3C(=O)O)c(OC)n2)cccc1-c1ccccc1. The van der Waals surface area contributed by atoms with Crippen molar-refractivity contribution in [2.24, 2.45) is 0 Å². The quantitative estimate of drug-likeness (QED) is 0.433. The lowest BCUT2D eigenvalue weighted by atomic mass is 9.96. The lowest BCUT2D eigenvalue weighted by Gasteiger charge is -2.33. The third-order valence-electron chi connectivity index (χ3n) is 6.40. The van der Waals surface area contributed by atoms with Crippen molar-refractivity contribution in [3.05, 3.63) is 71.8 Å². The highest BCUT2D eigenvalue weighted by Crippen LogP contribution is 2.32. The second-order valence-corrected chi connectivity index (χ2v) is 8.56. The molecule has 0 amide bonds. The van der Waals surface area contributed by atoms with Crippen LogP contribution in [0, 0.1) is 0 Å². The molecule has 8 heteroatoms. The van der Waals surface area contributed by atoms with E-state index in [0.29, 0.717) is 36.8 Å². The number of carboxylic acid groups (broad SMARTS) is 1. The van der Waals surface area contributed by atoms with Crippen molar-refractivity contribution in [2.45, 2.75) is 38.5 Å². The van der Waals surface area contributed by atoms with E-state index in [9.17, 15) is 9.90 Å². The van der Waals surface area contributed by atoms with Crippen LogP contribution < -0.4 is 14.2 Å². The first-order valence-corrected chi connectivity index (χ1v) is 11.9. The molecule has 0 saturated carbocycles. The predicted molar refractivity (Wildman–Crippen MR) is 137 cm³/mol. The van der Waals surface area contributed by atoms with Gasteiger partial charge in [0.25, 0.3) is 0 Å². The van der Waals surface area contributed by atoms with Crippen LogP contribution in [0.2, 0.25) is 0 Å². The summed E-state index contributed by atoms with van der Waals surface area (Å²) in [6.07, 6.45) is 4.26. The molecule has 1 aromatic heterocycles. The van der Waals surface area contributed by atoms with E-state index in [-0.39, 0.29) is 12.6 Å². The number of benzene rings is 2. The Morgan fingerprint density at radius 1 is 1.08 bits per heavy atom. The normalized spacial score (nSPS) is 15.8. The molecule has 0 radical (unpaired) electrons. The number of hydrogen-bond acceptors (Lipinski definition) is 7. The highest BCUT2D eigenvalue weighted by Gasteiger charge is 2.31. The maximum absolute atomic E-state index is 11.7. The molecular weight excluding hydrogens is 458 g/mol. The molecule has 1 unspecified atom stereocenters. The Kier molecular flexibility index (Phi) is 8.17. The summed E-state index contributed by atoms with van der Waals surface area (Å²) >= 11 is 0. The summed E-state index contributed by atoms with van der Waals surface area (Å²) in [4.78, 5) is 22.5. The van der Waals surface area contributed by atoms with Crippen LogP contribution in [-0.4, -0.2) is 52.7 Å². The van der Waals surface area contributed by atoms with Gasteiger partial charge < -0.3 is 19.3 Å². The molecule has 8 nitrogen and oxygen atoms in total. The number of aromatic nitrogens is 2. The minimum atomic E-state index is -0.829. The number of carbonyl (C=O) groups is 1. The Bertz CT molecular complexity index is 1190. The predicted octanol–water partition coefficient (Wildman–Crippen LogP) is 4.82. The fourth-order valence-corrected chi connectivity index (χ4v) is 4.62. The van der Waals surface area contributed by atoms with E-state index in [0.717, 1.165) is 35.1 Å². The van der Waals surface area contributed by atoms with Crippen LogP contribution in [0.25, 0.3) is 17.2 Å². The van der Waals surface area contributed by atoms with Gasteiger partial charge in [0.15, 0.2) is 0 Å². The van der Waals surface area contributed by atoms with Crippen molar-refractivity contribution in [1.82, 2.24) is 14.9 Å². The van der Waals surface area contributed by atoms with E-state index >= 15 is 0 Å². The van der Waals surface area contributed by atoms with E-state index in [1.165, 1.54) is 14.2 Å². The molecule has 1 saturated heterocycles. The third-order valence-corrected chi connectivity index (χ3v) is 6.40. The molecule has 1 atom stereocenters. The minimum absolute atomic E-state index is 0.112. The summed E-state index contributed by atoms with van der Waals surface area (Å²) in [7, 11) is 3.03. The number of carboxylic acids is 1. The van der Waals surface area contributed by atoms with E-state index in [1.54, 1.807) is 0 Å². The van der Waals surface area contributed by atoms with Gasteiger partial charge in [0.2, 0.25) is 11.8 Å². The van der Waals surface area contributed by atoms with Crippen molar-refractivity contribution < 1.29 is 24.1 Å². The van der Waals surface area contributed by atoms with Crippen molar-refractivity contribution in [1.29, 1.82) is 0 Å². The number of aliphatic carboxylic acids is 1. The van der Waals surface area contributed by atoms with Crippen LogP contribution in [0.3, 0.4) is 0 Å². The second-order valence-electron chi connectivity index (χ2n) is 8.56. The Morgan fingerprint density at radius 2 is 1.81 bits per heavy atom. The van der Waals surface area contributed by atoms with Crippen LogP contribution >= 0.6 is 0 Å². The second kappa shape index (κ2) is 11.7. The average Bonchev–Trinajstić information content (AvgIpc) is 2.92. The number of methoxy groups -OCH3 is 2. The molecule has 0 aliphatic carbocycles. The largest absolute Gasteiger partial charge is 0.481 e. The van der Waals surface area contributed by atoms with Gasteiger partial charge in [0, 0.05) is 6.54 Å². The molecule has 188 valence electrons. The third kappa shape index (κ3) is 5.49. The summed E-state index contributed by atoms with van der Waals surface area (Å²) in [5.41, 5.74) is 4.67. The van der Waals surface area contributed by atoms with Gasteiger partial charge in [0.1, 0.15) is 12.6 Å². The Morgan fingerprint density at radius 3 is 2.44 bits per heavy atom. The van der Waals surface area contributed by atoms with Crippen LogP contribution in [-0.2, 0) is 17.9 Å². The maximum Gasteiger partial charge on any atom is 0.323 e. The minimum Gasteiger partial charge on any atom is -0.481 e. The van der Waals surface area contributed by atoms with Crippen molar-refractivity contribution in [3.63, 3.8) is 0 Å². The van der Waals surface area contributed by atoms with Gasteiger partial charge >= 0.3 is 12.0 Å². The van der Waals surface area contributed by atoms with Gasteiger partial charge in [-0.1, -0.05) is 67.6 Å². The van der Waals surface area contributed by atoms with E-state index in [4.69, 9.17) is 14.2 Å². The summed E-state index contributed by atoms with van der Waals surface area (Å²) in [5, 5.41) is 9.63. The summed E-state index contributed by atoms with van der Waals surface area (Å²) in [5.74, 6) is -0.230. The topological polar surface area (TPSA) is 94.0 Å². The van der Waals surface area contributed by atoms with Gasteiger partial charge in [-0.25, -0.2) is 0 Å². The number of hydrogen-bond donors (Lipinski definition) is 1. The number of piperidine rings is 1. The first kappa shape index (κ1) is 25.2. The number of likely N-dealkylation sites (tertiary alicyclic amines) is 1. The number of nitrogens with zero attached hydrogens (tertiary/aromatic N) is 3. The molecular formula is C28H31N3O5. The fourth-order valence-electron chi connectivity index (χ4n) is 4.62. The molecule has 36 heavy (non-hydrogen) atoms. The summed E-state index contributed by atoms with van der Waals surface area (Å²) < 4.78 is 17.1. The average molecular weight is 490 g/mol. The van der Waals surface area contributed by atoms with Gasteiger partial charge in [-0.3, -0.25) is 9.69 Å².